The minimum Gasteiger partial charge on any atom is -0.314 e. The fourth-order valence-electron chi connectivity index (χ4n) is 1.62. The summed E-state index contributed by atoms with van der Waals surface area (Å²) in [6.45, 7) is 0.917. The van der Waals surface area contributed by atoms with Gasteiger partial charge in [-0.15, -0.1) is 0 Å². The lowest BCUT2D eigenvalue weighted by Crippen LogP contribution is -2.27. The van der Waals surface area contributed by atoms with E-state index in [0.29, 0.717) is 11.7 Å². The highest BCUT2D eigenvalue weighted by atomic mass is 16.1. The smallest absolute Gasteiger partial charge is 0.137 e. The summed E-state index contributed by atoms with van der Waals surface area (Å²) in [4.78, 5) is 11.4. The fourth-order valence-corrected chi connectivity index (χ4v) is 1.62. The van der Waals surface area contributed by atoms with Crippen molar-refractivity contribution in [1.29, 1.82) is 0 Å². The Balaban J connectivity index is 1.55. The van der Waals surface area contributed by atoms with Crippen molar-refractivity contribution < 1.29 is 4.79 Å². The van der Waals surface area contributed by atoms with E-state index in [-0.39, 0.29) is 0 Å². The third-order valence-corrected chi connectivity index (χ3v) is 2.94. The highest BCUT2D eigenvalue weighted by Crippen LogP contribution is 2.28. The molecule has 0 aromatic heterocycles. The lowest BCUT2D eigenvalue weighted by atomic mass is 9.81. The minimum absolute atomic E-state index is 0.436. The molecule has 0 saturated heterocycles. The van der Waals surface area contributed by atoms with Crippen LogP contribution >= 0.6 is 0 Å². The number of hydrogen-bond acceptors (Lipinski definition) is 2. The molecule has 2 heteroatoms. The van der Waals surface area contributed by atoms with Crippen LogP contribution in [-0.2, 0) is 4.79 Å². The van der Waals surface area contributed by atoms with Crippen LogP contribution < -0.4 is 5.32 Å². The number of rotatable bonds is 5. The van der Waals surface area contributed by atoms with Crippen LogP contribution in [0.4, 0.5) is 0 Å². The molecule has 12 heavy (non-hydrogen) atoms. The summed E-state index contributed by atoms with van der Waals surface area (Å²) in [6, 6.07) is 0.749. The molecule has 0 radical (unpaired) electrons. The molecule has 0 atom stereocenters. The zero-order valence-electron chi connectivity index (χ0n) is 7.51. The van der Waals surface area contributed by atoms with E-state index in [1.807, 2.05) is 0 Å². The number of hydrogen-bond donors (Lipinski definition) is 1. The van der Waals surface area contributed by atoms with Gasteiger partial charge in [0.1, 0.15) is 5.78 Å². The van der Waals surface area contributed by atoms with E-state index in [0.717, 1.165) is 31.8 Å². The van der Waals surface area contributed by atoms with Gasteiger partial charge < -0.3 is 5.32 Å². The van der Waals surface area contributed by atoms with Crippen LogP contribution in [0.25, 0.3) is 0 Å². The standard InChI is InChI=1S/C10H17NO/c12-10(8-2-1-3-8)6-7-11-9-4-5-9/h8-9,11H,1-7H2. The molecule has 2 aliphatic carbocycles. The Morgan fingerprint density at radius 2 is 2.00 bits per heavy atom. The van der Waals surface area contributed by atoms with Crippen LogP contribution in [0, 0.1) is 5.92 Å². The predicted molar refractivity (Wildman–Crippen MR) is 48.0 cm³/mol. The Bertz CT molecular complexity index is 171. The normalized spacial score (nSPS) is 23.7. The van der Waals surface area contributed by atoms with Crippen LogP contribution in [0.2, 0.25) is 0 Å². The molecule has 0 aromatic carbocycles. The van der Waals surface area contributed by atoms with Crippen LogP contribution in [0.1, 0.15) is 38.5 Å². The van der Waals surface area contributed by atoms with Crippen molar-refractivity contribution >= 4 is 5.78 Å². The number of ketones is 1. The quantitative estimate of drug-likeness (QED) is 0.672. The van der Waals surface area contributed by atoms with Crippen molar-refractivity contribution in [2.45, 2.75) is 44.6 Å². The molecular weight excluding hydrogens is 150 g/mol. The molecule has 0 aliphatic heterocycles. The van der Waals surface area contributed by atoms with Gasteiger partial charge in [0, 0.05) is 24.9 Å². The molecule has 0 aromatic rings. The second-order valence-corrected chi connectivity index (χ2v) is 4.07. The molecule has 1 N–H and O–H groups in total. The van der Waals surface area contributed by atoms with Crippen LogP contribution in [0.15, 0.2) is 0 Å². The van der Waals surface area contributed by atoms with Crippen molar-refractivity contribution in [3.8, 4) is 0 Å². The topological polar surface area (TPSA) is 29.1 Å². The maximum atomic E-state index is 11.4. The van der Waals surface area contributed by atoms with Gasteiger partial charge >= 0.3 is 0 Å². The maximum Gasteiger partial charge on any atom is 0.137 e. The minimum atomic E-state index is 0.436. The summed E-state index contributed by atoms with van der Waals surface area (Å²) in [7, 11) is 0. The van der Waals surface area contributed by atoms with Crippen LogP contribution in [-0.4, -0.2) is 18.4 Å². The van der Waals surface area contributed by atoms with Gasteiger partial charge in [0.25, 0.3) is 0 Å². The van der Waals surface area contributed by atoms with Crippen molar-refractivity contribution in [3.63, 3.8) is 0 Å². The molecule has 2 rings (SSSR count). The Kier molecular flexibility index (Phi) is 2.45. The number of nitrogens with one attached hydrogen (secondary N) is 1. The van der Waals surface area contributed by atoms with Gasteiger partial charge in [-0.2, -0.15) is 0 Å². The fraction of sp³-hybridized carbons (Fsp3) is 0.900. The molecule has 2 saturated carbocycles. The SMILES string of the molecule is O=C(CCNC1CC1)C1CCC1. The first-order valence-corrected chi connectivity index (χ1v) is 5.12. The zero-order valence-corrected chi connectivity index (χ0v) is 7.51. The maximum absolute atomic E-state index is 11.4. The van der Waals surface area contributed by atoms with Gasteiger partial charge in [0.2, 0.25) is 0 Å². The van der Waals surface area contributed by atoms with E-state index < -0.39 is 0 Å². The molecule has 0 bridgehead atoms. The van der Waals surface area contributed by atoms with Gasteiger partial charge in [0.15, 0.2) is 0 Å². The Morgan fingerprint density at radius 3 is 2.50 bits per heavy atom. The van der Waals surface area contributed by atoms with Crippen molar-refractivity contribution in [2.75, 3.05) is 6.54 Å². The van der Waals surface area contributed by atoms with E-state index in [9.17, 15) is 4.79 Å². The lowest BCUT2D eigenvalue weighted by Gasteiger charge is -2.23. The summed E-state index contributed by atoms with van der Waals surface area (Å²) >= 11 is 0. The first-order valence-electron chi connectivity index (χ1n) is 5.12. The average molecular weight is 167 g/mol. The monoisotopic (exact) mass is 167 g/mol. The van der Waals surface area contributed by atoms with E-state index in [4.69, 9.17) is 0 Å². The van der Waals surface area contributed by atoms with Gasteiger partial charge in [-0.1, -0.05) is 6.42 Å². The summed E-state index contributed by atoms with van der Waals surface area (Å²) in [5.41, 5.74) is 0. The highest BCUT2D eigenvalue weighted by molar-refractivity contribution is 5.81. The van der Waals surface area contributed by atoms with Crippen molar-refractivity contribution in [1.82, 2.24) is 5.32 Å². The molecule has 0 spiro atoms. The molecule has 0 heterocycles. The lowest BCUT2D eigenvalue weighted by molar-refractivity contribution is -0.125. The zero-order chi connectivity index (χ0) is 8.39. The van der Waals surface area contributed by atoms with E-state index in [1.165, 1.54) is 19.3 Å². The van der Waals surface area contributed by atoms with E-state index in [2.05, 4.69) is 5.32 Å². The van der Waals surface area contributed by atoms with E-state index >= 15 is 0 Å². The molecule has 2 nitrogen and oxygen atoms in total. The van der Waals surface area contributed by atoms with Gasteiger partial charge in [-0.05, 0) is 25.7 Å². The molecular formula is C10H17NO. The van der Waals surface area contributed by atoms with Crippen molar-refractivity contribution in [3.05, 3.63) is 0 Å². The molecule has 68 valence electrons. The second-order valence-electron chi connectivity index (χ2n) is 4.07. The third kappa shape index (κ3) is 2.07. The van der Waals surface area contributed by atoms with Crippen molar-refractivity contribution in [2.24, 2.45) is 5.92 Å². The molecule has 0 unspecified atom stereocenters. The van der Waals surface area contributed by atoms with Gasteiger partial charge in [-0.3, -0.25) is 4.79 Å². The number of Topliss-reactive ketones (excluding diaryl/α,β-unsaturated/α-hetero) is 1. The summed E-state index contributed by atoms with van der Waals surface area (Å²) in [5, 5.41) is 3.37. The predicted octanol–water partition coefficient (Wildman–Crippen LogP) is 1.50. The second kappa shape index (κ2) is 3.56. The average Bonchev–Trinajstić information content (AvgIpc) is 2.67. The Hall–Kier alpha value is -0.370. The molecule has 0 amide bonds. The van der Waals surface area contributed by atoms with E-state index in [1.54, 1.807) is 0 Å². The van der Waals surface area contributed by atoms with Gasteiger partial charge in [0.05, 0.1) is 0 Å². The first-order chi connectivity index (χ1) is 5.86. The Labute approximate surface area is 73.7 Å². The summed E-state index contributed by atoms with van der Waals surface area (Å²) in [5.74, 6) is 0.931. The summed E-state index contributed by atoms with van der Waals surface area (Å²) in [6.07, 6.45) is 6.98. The number of carbonyl (C=O) groups excluding carboxylic acids is 1. The third-order valence-electron chi connectivity index (χ3n) is 2.94. The van der Waals surface area contributed by atoms with Gasteiger partial charge in [-0.25, -0.2) is 0 Å². The highest BCUT2D eigenvalue weighted by Gasteiger charge is 2.25. The molecule has 2 fully saturated rings. The van der Waals surface area contributed by atoms with Crippen LogP contribution in [0.5, 0.6) is 0 Å². The largest absolute Gasteiger partial charge is 0.314 e. The summed E-state index contributed by atoms with van der Waals surface area (Å²) < 4.78 is 0. The Morgan fingerprint density at radius 1 is 1.25 bits per heavy atom. The van der Waals surface area contributed by atoms with Crippen LogP contribution in [0.3, 0.4) is 0 Å². The number of carbonyl (C=O) groups is 1. The molecule has 2 aliphatic rings. The first kappa shape index (κ1) is 8.24.